The van der Waals surface area contributed by atoms with E-state index in [9.17, 15) is 4.39 Å². The largest absolute Gasteiger partial charge is 0.366 e. The smallest absolute Gasteiger partial charge is 0.138 e. The number of halogens is 1. The van der Waals surface area contributed by atoms with Gasteiger partial charge < -0.3 is 10.2 Å². The fraction of sp³-hybridized carbons (Fsp3) is 0.111. The summed E-state index contributed by atoms with van der Waals surface area (Å²) in [5.74, 6) is 1.19. The van der Waals surface area contributed by atoms with Gasteiger partial charge in [0, 0.05) is 30.9 Å². The van der Waals surface area contributed by atoms with Crippen LogP contribution in [-0.2, 0) is 6.54 Å². The molecule has 3 rings (SSSR count). The Hall–Kier alpha value is -2.95. The molecule has 116 valence electrons. The predicted octanol–water partition coefficient (Wildman–Crippen LogP) is 4.00. The molecule has 0 amide bonds. The van der Waals surface area contributed by atoms with E-state index in [2.05, 4.69) is 15.3 Å². The minimum Gasteiger partial charge on any atom is -0.366 e. The SMILES string of the molecule is CN(c1ccccc1)c1cc(NCc2ccccc2F)ncn1. The highest BCUT2D eigenvalue weighted by Gasteiger charge is 2.07. The first-order valence-electron chi connectivity index (χ1n) is 7.32. The topological polar surface area (TPSA) is 41.0 Å². The van der Waals surface area contributed by atoms with E-state index in [-0.39, 0.29) is 5.82 Å². The van der Waals surface area contributed by atoms with E-state index in [1.54, 1.807) is 12.1 Å². The van der Waals surface area contributed by atoms with Gasteiger partial charge in [-0.3, -0.25) is 0 Å². The Balaban J connectivity index is 1.74. The minimum atomic E-state index is -0.226. The summed E-state index contributed by atoms with van der Waals surface area (Å²) in [4.78, 5) is 10.4. The van der Waals surface area contributed by atoms with Crippen LogP contribution in [0, 0.1) is 5.82 Å². The van der Waals surface area contributed by atoms with E-state index in [0.717, 1.165) is 11.5 Å². The fourth-order valence-corrected chi connectivity index (χ4v) is 2.24. The molecule has 0 spiro atoms. The van der Waals surface area contributed by atoms with Crippen LogP contribution in [-0.4, -0.2) is 17.0 Å². The molecule has 1 N–H and O–H groups in total. The summed E-state index contributed by atoms with van der Waals surface area (Å²) >= 11 is 0. The van der Waals surface area contributed by atoms with Crippen molar-refractivity contribution in [3.63, 3.8) is 0 Å². The highest BCUT2D eigenvalue weighted by molar-refractivity contribution is 5.61. The van der Waals surface area contributed by atoms with Crippen LogP contribution < -0.4 is 10.2 Å². The zero-order valence-electron chi connectivity index (χ0n) is 12.8. The number of benzene rings is 2. The summed E-state index contributed by atoms with van der Waals surface area (Å²) in [5.41, 5.74) is 1.63. The van der Waals surface area contributed by atoms with Crippen molar-refractivity contribution in [2.45, 2.75) is 6.54 Å². The average molecular weight is 308 g/mol. The average Bonchev–Trinajstić information content (AvgIpc) is 2.61. The molecule has 0 aliphatic rings. The van der Waals surface area contributed by atoms with Gasteiger partial charge in [-0.25, -0.2) is 14.4 Å². The van der Waals surface area contributed by atoms with Crippen LogP contribution in [0.2, 0.25) is 0 Å². The number of aromatic nitrogens is 2. The van der Waals surface area contributed by atoms with Crippen LogP contribution in [0.15, 0.2) is 67.0 Å². The number of hydrogen-bond acceptors (Lipinski definition) is 4. The standard InChI is InChI=1S/C18H17FN4/c1-23(15-8-3-2-4-9-15)18-11-17(21-13-22-18)20-12-14-7-5-6-10-16(14)19/h2-11,13H,12H2,1H3,(H,20,21,22). The molecule has 2 aromatic carbocycles. The molecule has 0 radical (unpaired) electrons. The number of rotatable bonds is 5. The van der Waals surface area contributed by atoms with Gasteiger partial charge in [0.15, 0.2) is 0 Å². The maximum Gasteiger partial charge on any atom is 0.138 e. The third-order valence-corrected chi connectivity index (χ3v) is 3.56. The van der Waals surface area contributed by atoms with Crippen LogP contribution in [0.5, 0.6) is 0 Å². The van der Waals surface area contributed by atoms with Crippen molar-refractivity contribution in [3.8, 4) is 0 Å². The Kier molecular flexibility index (Phi) is 4.47. The molecule has 3 aromatic rings. The molecular formula is C18H17FN4. The zero-order valence-corrected chi connectivity index (χ0v) is 12.8. The molecule has 0 unspecified atom stereocenters. The van der Waals surface area contributed by atoms with Gasteiger partial charge >= 0.3 is 0 Å². The van der Waals surface area contributed by atoms with Crippen LogP contribution in [0.4, 0.5) is 21.7 Å². The first kappa shape index (κ1) is 15.0. The lowest BCUT2D eigenvalue weighted by atomic mass is 10.2. The van der Waals surface area contributed by atoms with E-state index >= 15 is 0 Å². The van der Waals surface area contributed by atoms with Crippen molar-refractivity contribution in [1.82, 2.24) is 9.97 Å². The quantitative estimate of drug-likeness (QED) is 0.773. The van der Waals surface area contributed by atoms with Gasteiger partial charge in [0.1, 0.15) is 23.8 Å². The second-order valence-electron chi connectivity index (χ2n) is 5.10. The van der Waals surface area contributed by atoms with Gasteiger partial charge in [-0.05, 0) is 18.2 Å². The molecule has 0 atom stereocenters. The normalized spacial score (nSPS) is 10.3. The lowest BCUT2D eigenvalue weighted by molar-refractivity contribution is 0.613. The first-order chi connectivity index (χ1) is 11.2. The summed E-state index contributed by atoms with van der Waals surface area (Å²) in [5, 5.41) is 3.13. The molecule has 5 heteroatoms. The number of hydrogen-bond donors (Lipinski definition) is 1. The Morgan fingerprint density at radius 3 is 2.52 bits per heavy atom. The molecule has 23 heavy (non-hydrogen) atoms. The summed E-state index contributed by atoms with van der Waals surface area (Å²) in [6.07, 6.45) is 1.50. The third-order valence-electron chi connectivity index (χ3n) is 3.56. The maximum absolute atomic E-state index is 13.6. The number of anilines is 3. The van der Waals surface area contributed by atoms with E-state index < -0.39 is 0 Å². The molecular weight excluding hydrogens is 291 g/mol. The molecule has 0 aliphatic heterocycles. The number of nitrogens with one attached hydrogen (secondary N) is 1. The van der Waals surface area contributed by atoms with Gasteiger partial charge in [-0.1, -0.05) is 36.4 Å². The van der Waals surface area contributed by atoms with Crippen molar-refractivity contribution in [2.24, 2.45) is 0 Å². The van der Waals surface area contributed by atoms with Crippen LogP contribution in [0.3, 0.4) is 0 Å². The van der Waals surface area contributed by atoms with Crippen molar-refractivity contribution in [3.05, 3.63) is 78.4 Å². The zero-order chi connectivity index (χ0) is 16.1. The van der Waals surface area contributed by atoms with Gasteiger partial charge in [-0.2, -0.15) is 0 Å². The Morgan fingerprint density at radius 2 is 1.74 bits per heavy atom. The minimum absolute atomic E-state index is 0.226. The highest BCUT2D eigenvalue weighted by Crippen LogP contribution is 2.22. The van der Waals surface area contributed by atoms with Gasteiger partial charge in [0.05, 0.1) is 0 Å². The summed E-state index contributed by atoms with van der Waals surface area (Å²) < 4.78 is 13.6. The number of nitrogens with zero attached hydrogens (tertiary/aromatic N) is 3. The van der Waals surface area contributed by atoms with Crippen molar-refractivity contribution < 1.29 is 4.39 Å². The Bertz CT molecular complexity index is 777. The fourth-order valence-electron chi connectivity index (χ4n) is 2.24. The Labute approximate surface area is 134 Å². The molecule has 0 saturated carbocycles. The summed E-state index contributed by atoms with van der Waals surface area (Å²) in [6.45, 7) is 0.373. The molecule has 0 fully saturated rings. The van der Waals surface area contributed by atoms with Gasteiger partial charge in [-0.15, -0.1) is 0 Å². The van der Waals surface area contributed by atoms with E-state index in [1.165, 1.54) is 12.4 Å². The molecule has 1 aromatic heterocycles. The van der Waals surface area contributed by atoms with Crippen molar-refractivity contribution in [1.29, 1.82) is 0 Å². The first-order valence-corrected chi connectivity index (χ1v) is 7.32. The van der Waals surface area contributed by atoms with E-state index in [1.807, 2.05) is 54.4 Å². The molecule has 0 saturated heterocycles. The third kappa shape index (κ3) is 3.63. The Morgan fingerprint density at radius 1 is 1.00 bits per heavy atom. The van der Waals surface area contributed by atoms with E-state index in [0.29, 0.717) is 17.9 Å². The lowest BCUT2D eigenvalue weighted by Gasteiger charge is -2.18. The van der Waals surface area contributed by atoms with Crippen LogP contribution in [0.25, 0.3) is 0 Å². The predicted molar refractivity (Wildman–Crippen MR) is 90.3 cm³/mol. The molecule has 0 bridgehead atoms. The summed E-state index contributed by atoms with van der Waals surface area (Å²) in [7, 11) is 1.94. The lowest BCUT2D eigenvalue weighted by Crippen LogP contribution is -2.12. The van der Waals surface area contributed by atoms with Crippen LogP contribution >= 0.6 is 0 Å². The van der Waals surface area contributed by atoms with Crippen molar-refractivity contribution >= 4 is 17.3 Å². The summed E-state index contributed by atoms with van der Waals surface area (Å²) in [6, 6.07) is 18.5. The second kappa shape index (κ2) is 6.87. The van der Waals surface area contributed by atoms with E-state index in [4.69, 9.17) is 0 Å². The highest BCUT2D eigenvalue weighted by atomic mass is 19.1. The maximum atomic E-state index is 13.6. The molecule has 1 heterocycles. The van der Waals surface area contributed by atoms with Gasteiger partial charge in [0.25, 0.3) is 0 Å². The molecule has 0 aliphatic carbocycles. The van der Waals surface area contributed by atoms with Crippen LogP contribution in [0.1, 0.15) is 5.56 Å². The number of para-hydroxylation sites is 1. The molecule has 4 nitrogen and oxygen atoms in total. The van der Waals surface area contributed by atoms with Crippen molar-refractivity contribution in [2.75, 3.05) is 17.3 Å². The van der Waals surface area contributed by atoms with Gasteiger partial charge in [0.2, 0.25) is 0 Å². The monoisotopic (exact) mass is 308 g/mol. The second-order valence-corrected chi connectivity index (χ2v) is 5.10.